The number of primary amides is 1. The lowest BCUT2D eigenvalue weighted by molar-refractivity contribution is -0.120. The molecule has 3 N–H and O–H groups in total. The molecule has 0 spiro atoms. The summed E-state index contributed by atoms with van der Waals surface area (Å²) in [6.45, 7) is 12.0. The van der Waals surface area contributed by atoms with Crippen molar-refractivity contribution >= 4 is 5.91 Å². The van der Waals surface area contributed by atoms with E-state index in [1.807, 2.05) is 6.92 Å². The Morgan fingerprint density at radius 1 is 1.33 bits per heavy atom. The molecule has 1 aliphatic rings. The van der Waals surface area contributed by atoms with Crippen molar-refractivity contribution in [2.24, 2.45) is 22.5 Å². The molecule has 1 amide bonds. The van der Waals surface area contributed by atoms with Crippen LogP contribution in [0.15, 0.2) is 0 Å². The summed E-state index contributed by atoms with van der Waals surface area (Å²) in [4.78, 5) is 11.0. The third kappa shape index (κ3) is 2.03. The lowest BCUT2D eigenvalue weighted by Gasteiger charge is -2.13. The van der Waals surface area contributed by atoms with Gasteiger partial charge in [-0.05, 0) is 29.7 Å². The van der Waals surface area contributed by atoms with Crippen LogP contribution in [0.2, 0.25) is 0 Å². The minimum Gasteiger partial charge on any atom is -0.368 e. The zero-order valence-electron chi connectivity index (χ0n) is 10.6. The molecule has 1 fully saturated rings. The van der Waals surface area contributed by atoms with Crippen LogP contribution in [0, 0.1) is 16.7 Å². The molecule has 0 saturated heterocycles. The first-order valence-electron chi connectivity index (χ1n) is 5.77. The Bertz CT molecular complexity index is 244. The highest BCUT2D eigenvalue weighted by molar-refractivity contribution is 5.79. The third-order valence-electron chi connectivity index (χ3n) is 4.64. The molecule has 0 radical (unpaired) electrons. The van der Waals surface area contributed by atoms with Crippen molar-refractivity contribution in [2.45, 2.75) is 47.1 Å². The number of nitrogens with two attached hydrogens (primary N) is 1. The second-order valence-corrected chi connectivity index (χ2v) is 5.77. The molecular weight excluding hydrogens is 188 g/mol. The monoisotopic (exact) mass is 212 g/mol. The number of hydrogen-bond donors (Lipinski definition) is 2. The first-order valence-corrected chi connectivity index (χ1v) is 5.77. The average Bonchev–Trinajstić information content (AvgIpc) is 2.47. The highest BCUT2D eigenvalue weighted by Gasteiger charge is 2.63. The summed E-state index contributed by atoms with van der Waals surface area (Å²) in [5.74, 6) is 0.396. The Morgan fingerprint density at radius 3 is 2.07 bits per heavy atom. The van der Waals surface area contributed by atoms with Gasteiger partial charge in [0.05, 0.1) is 6.04 Å². The maximum absolute atomic E-state index is 11.0. The first-order chi connectivity index (χ1) is 6.75. The van der Waals surface area contributed by atoms with E-state index in [0.29, 0.717) is 16.7 Å². The standard InChI is InChI=1S/C12H24N2O/c1-6-8(10(13)15)14-7-9-11(2,3)12(9,4)5/h8-9,14H,6-7H2,1-5H3,(H2,13,15). The number of carbonyl (C=O) groups excluding carboxylic acids is 1. The molecular formula is C12H24N2O. The van der Waals surface area contributed by atoms with Crippen molar-refractivity contribution in [3.05, 3.63) is 0 Å². The van der Waals surface area contributed by atoms with Crippen LogP contribution in [0.25, 0.3) is 0 Å². The molecule has 1 saturated carbocycles. The largest absolute Gasteiger partial charge is 0.368 e. The summed E-state index contributed by atoms with van der Waals surface area (Å²) in [6.07, 6.45) is 0.767. The number of carbonyl (C=O) groups is 1. The second kappa shape index (κ2) is 3.78. The van der Waals surface area contributed by atoms with E-state index < -0.39 is 0 Å². The van der Waals surface area contributed by atoms with Crippen LogP contribution >= 0.6 is 0 Å². The molecule has 0 aromatic rings. The number of nitrogens with one attached hydrogen (secondary N) is 1. The second-order valence-electron chi connectivity index (χ2n) is 5.77. The maximum atomic E-state index is 11.0. The quantitative estimate of drug-likeness (QED) is 0.726. The fourth-order valence-corrected chi connectivity index (χ4v) is 2.55. The SMILES string of the molecule is CCC(NCC1C(C)(C)C1(C)C)C(N)=O. The Morgan fingerprint density at radius 2 is 1.80 bits per heavy atom. The molecule has 0 aromatic heterocycles. The first kappa shape index (κ1) is 12.5. The van der Waals surface area contributed by atoms with Gasteiger partial charge in [-0.3, -0.25) is 4.79 Å². The maximum Gasteiger partial charge on any atom is 0.234 e. The van der Waals surface area contributed by atoms with E-state index in [1.165, 1.54) is 0 Å². The molecule has 3 nitrogen and oxygen atoms in total. The van der Waals surface area contributed by atoms with Gasteiger partial charge >= 0.3 is 0 Å². The topological polar surface area (TPSA) is 55.1 Å². The van der Waals surface area contributed by atoms with Gasteiger partial charge in [0, 0.05) is 0 Å². The third-order valence-corrected chi connectivity index (χ3v) is 4.64. The number of amides is 1. The Labute approximate surface area is 92.8 Å². The fraction of sp³-hybridized carbons (Fsp3) is 0.917. The highest BCUT2D eigenvalue weighted by atomic mass is 16.1. The van der Waals surface area contributed by atoms with Crippen LogP contribution < -0.4 is 11.1 Å². The van der Waals surface area contributed by atoms with Crippen LogP contribution in [0.1, 0.15) is 41.0 Å². The highest BCUT2D eigenvalue weighted by Crippen LogP contribution is 2.67. The Balaban J connectivity index is 2.43. The van der Waals surface area contributed by atoms with Crippen LogP contribution in [0.5, 0.6) is 0 Å². The van der Waals surface area contributed by atoms with Crippen molar-refractivity contribution < 1.29 is 4.79 Å². The van der Waals surface area contributed by atoms with Crippen molar-refractivity contribution in [1.29, 1.82) is 0 Å². The average molecular weight is 212 g/mol. The molecule has 3 heteroatoms. The predicted octanol–water partition coefficient (Wildman–Crippen LogP) is 1.52. The van der Waals surface area contributed by atoms with Gasteiger partial charge in [0.25, 0.3) is 0 Å². The van der Waals surface area contributed by atoms with Gasteiger partial charge in [0.1, 0.15) is 0 Å². The normalized spacial score (nSPS) is 24.9. The molecule has 1 rings (SSSR count). The molecule has 88 valence electrons. The van der Waals surface area contributed by atoms with Crippen LogP contribution in [-0.4, -0.2) is 18.5 Å². The number of rotatable bonds is 5. The molecule has 1 unspecified atom stereocenters. The van der Waals surface area contributed by atoms with Gasteiger partial charge in [-0.1, -0.05) is 34.6 Å². The molecule has 1 aliphatic carbocycles. The van der Waals surface area contributed by atoms with Gasteiger partial charge in [-0.2, -0.15) is 0 Å². The Hall–Kier alpha value is -0.570. The summed E-state index contributed by atoms with van der Waals surface area (Å²) >= 11 is 0. The van der Waals surface area contributed by atoms with Crippen LogP contribution in [0.4, 0.5) is 0 Å². The van der Waals surface area contributed by atoms with Gasteiger partial charge in [0.15, 0.2) is 0 Å². The van der Waals surface area contributed by atoms with E-state index in [2.05, 4.69) is 33.0 Å². The smallest absolute Gasteiger partial charge is 0.234 e. The van der Waals surface area contributed by atoms with Crippen molar-refractivity contribution in [2.75, 3.05) is 6.54 Å². The number of hydrogen-bond acceptors (Lipinski definition) is 2. The minimum absolute atomic E-state index is 0.169. The fourth-order valence-electron chi connectivity index (χ4n) is 2.55. The van der Waals surface area contributed by atoms with E-state index in [-0.39, 0.29) is 11.9 Å². The van der Waals surface area contributed by atoms with Gasteiger partial charge in [0.2, 0.25) is 5.91 Å². The summed E-state index contributed by atoms with van der Waals surface area (Å²) in [6, 6.07) is -0.169. The lowest BCUT2D eigenvalue weighted by Crippen LogP contribution is -2.42. The van der Waals surface area contributed by atoms with Crippen molar-refractivity contribution in [1.82, 2.24) is 5.32 Å². The molecule has 0 aromatic carbocycles. The molecule has 0 heterocycles. The summed E-state index contributed by atoms with van der Waals surface area (Å²) in [7, 11) is 0. The summed E-state index contributed by atoms with van der Waals surface area (Å²) in [5.41, 5.74) is 6.03. The zero-order valence-corrected chi connectivity index (χ0v) is 10.6. The van der Waals surface area contributed by atoms with E-state index in [1.54, 1.807) is 0 Å². The lowest BCUT2D eigenvalue weighted by atomic mass is 10.0. The molecule has 15 heavy (non-hydrogen) atoms. The zero-order chi connectivity index (χ0) is 11.9. The van der Waals surface area contributed by atoms with Gasteiger partial charge < -0.3 is 11.1 Å². The van der Waals surface area contributed by atoms with E-state index >= 15 is 0 Å². The van der Waals surface area contributed by atoms with E-state index in [9.17, 15) is 4.79 Å². The van der Waals surface area contributed by atoms with Crippen molar-refractivity contribution in [3.63, 3.8) is 0 Å². The summed E-state index contributed by atoms with van der Waals surface area (Å²) in [5, 5.41) is 3.27. The van der Waals surface area contributed by atoms with Gasteiger partial charge in [-0.15, -0.1) is 0 Å². The molecule has 0 bridgehead atoms. The molecule has 1 atom stereocenters. The minimum atomic E-state index is -0.242. The Kier molecular flexibility index (Phi) is 3.15. The van der Waals surface area contributed by atoms with E-state index in [4.69, 9.17) is 5.73 Å². The molecule has 0 aliphatic heterocycles. The van der Waals surface area contributed by atoms with Crippen LogP contribution in [0.3, 0.4) is 0 Å². The van der Waals surface area contributed by atoms with Crippen molar-refractivity contribution in [3.8, 4) is 0 Å². The van der Waals surface area contributed by atoms with E-state index in [0.717, 1.165) is 13.0 Å². The predicted molar refractivity (Wildman–Crippen MR) is 62.3 cm³/mol. The summed E-state index contributed by atoms with van der Waals surface area (Å²) < 4.78 is 0. The van der Waals surface area contributed by atoms with Crippen LogP contribution in [-0.2, 0) is 4.79 Å². The van der Waals surface area contributed by atoms with Gasteiger partial charge in [-0.25, -0.2) is 0 Å².